The maximum atomic E-state index is 13.4. The number of likely N-dealkylation sites (tertiary alicyclic amines) is 1. The molecule has 1 fully saturated rings. The Balaban J connectivity index is 1.49. The zero-order valence-electron chi connectivity index (χ0n) is 23.1. The van der Waals surface area contributed by atoms with Crippen molar-refractivity contribution in [3.63, 3.8) is 0 Å². The van der Waals surface area contributed by atoms with Gasteiger partial charge in [0.1, 0.15) is 17.6 Å². The number of nitrogens with zero attached hydrogens (tertiary/aromatic N) is 1. The number of halogens is 3. The minimum atomic E-state index is -4.79. The molecule has 3 aromatic rings. The fraction of sp³-hybridized carbons (Fsp3) is 0.355. The van der Waals surface area contributed by atoms with Crippen molar-refractivity contribution in [1.29, 1.82) is 0 Å². The molecule has 4 rings (SSSR count). The number of piperidine rings is 1. The zero-order chi connectivity index (χ0) is 29.7. The van der Waals surface area contributed by atoms with E-state index in [9.17, 15) is 27.9 Å². The third-order valence-electron chi connectivity index (χ3n) is 7.43. The zero-order valence-corrected chi connectivity index (χ0v) is 23.1. The first-order chi connectivity index (χ1) is 19.4. The van der Waals surface area contributed by atoms with E-state index in [1.54, 1.807) is 36.4 Å². The summed E-state index contributed by atoms with van der Waals surface area (Å²) in [5.74, 6) is 0.0223. The lowest BCUT2D eigenvalue weighted by molar-refractivity contribution is -0.274. The van der Waals surface area contributed by atoms with E-state index in [-0.39, 0.29) is 29.7 Å². The average molecular weight is 571 g/mol. The molecular weight excluding hydrogens is 537 g/mol. The van der Waals surface area contributed by atoms with Gasteiger partial charge in [-0.15, -0.1) is 13.2 Å². The van der Waals surface area contributed by atoms with Crippen LogP contribution in [0.1, 0.15) is 49.0 Å². The van der Waals surface area contributed by atoms with Gasteiger partial charge >= 0.3 is 12.5 Å². The van der Waals surface area contributed by atoms with Gasteiger partial charge in [0, 0.05) is 42.7 Å². The summed E-state index contributed by atoms with van der Waals surface area (Å²) < 4.78 is 47.9. The minimum absolute atomic E-state index is 0.132. The fourth-order valence-electron chi connectivity index (χ4n) is 5.22. The summed E-state index contributed by atoms with van der Waals surface area (Å²) in [4.78, 5) is 26.6. The number of aryl methyl sites for hydroxylation is 1. The quantitative estimate of drug-likeness (QED) is 0.289. The summed E-state index contributed by atoms with van der Waals surface area (Å²) in [6.07, 6.45) is -3.87. The number of carboxylic acid groups (broad SMARTS) is 1. The summed E-state index contributed by atoms with van der Waals surface area (Å²) in [6, 6.07) is 17.5. The van der Waals surface area contributed by atoms with Crippen molar-refractivity contribution in [2.24, 2.45) is 5.92 Å². The van der Waals surface area contributed by atoms with Crippen LogP contribution in [0.15, 0.2) is 66.7 Å². The van der Waals surface area contributed by atoms with Crippen LogP contribution in [-0.2, 0) is 0 Å². The number of nitrogens with one attached hydrogen (secondary N) is 1. The highest BCUT2D eigenvalue weighted by molar-refractivity contribution is 6.09. The topological polar surface area (TPSA) is 88.1 Å². The molecule has 1 heterocycles. The third kappa shape index (κ3) is 7.50. The van der Waals surface area contributed by atoms with E-state index in [4.69, 9.17) is 4.74 Å². The van der Waals surface area contributed by atoms with E-state index in [2.05, 4.69) is 10.1 Å². The molecule has 2 N–H and O–H groups in total. The number of alkyl halides is 3. The Morgan fingerprint density at radius 2 is 1.78 bits per heavy atom. The van der Waals surface area contributed by atoms with E-state index in [1.807, 2.05) is 26.8 Å². The Morgan fingerprint density at radius 1 is 1.07 bits per heavy atom. The number of anilines is 1. The number of ether oxygens (including phenoxy) is 2. The lowest BCUT2D eigenvalue weighted by atomic mass is 9.88. The smallest absolute Gasteiger partial charge is 0.490 e. The number of rotatable bonds is 8. The second-order valence-corrected chi connectivity index (χ2v) is 10.2. The van der Waals surface area contributed by atoms with Gasteiger partial charge in [0.2, 0.25) is 0 Å². The number of carbonyl (C=O) groups excluding carboxylic acids is 1. The molecule has 0 spiro atoms. The van der Waals surface area contributed by atoms with Crippen LogP contribution >= 0.6 is 0 Å². The van der Waals surface area contributed by atoms with Gasteiger partial charge in [-0.25, -0.2) is 4.79 Å². The first-order valence-electron chi connectivity index (χ1n) is 13.5. The van der Waals surface area contributed by atoms with Crippen molar-refractivity contribution < 1.29 is 37.3 Å². The van der Waals surface area contributed by atoms with Gasteiger partial charge in [-0.05, 0) is 59.9 Å². The maximum Gasteiger partial charge on any atom is 0.573 e. The second-order valence-electron chi connectivity index (χ2n) is 10.2. The number of hydrogen-bond donors (Lipinski definition) is 2. The molecule has 0 saturated carbocycles. The van der Waals surface area contributed by atoms with Crippen molar-refractivity contribution >= 4 is 17.7 Å². The van der Waals surface area contributed by atoms with Crippen molar-refractivity contribution in [3.8, 4) is 22.6 Å². The van der Waals surface area contributed by atoms with Crippen LogP contribution in [0.25, 0.3) is 11.1 Å². The molecule has 10 heteroatoms. The molecule has 0 aromatic heterocycles. The SMILES string of the molecule is CCC(C)C1CC(Oc2cccc(NC(=O)c3cccc(C)c3-c3ccc(OC(F)(F)F)cc3)c2)CCN1C(=O)O. The van der Waals surface area contributed by atoms with E-state index < -0.39 is 12.5 Å². The highest BCUT2D eigenvalue weighted by Gasteiger charge is 2.35. The second kappa shape index (κ2) is 12.5. The van der Waals surface area contributed by atoms with Crippen LogP contribution in [-0.4, -0.2) is 47.1 Å². The van der Waals surface area contributed by atoms with E-state index in [0.29, 0.717) is 47.5 Å². The highest BCUT2D eigenvalue weighted by Crippen LogP contribution is 2.32. The molecule has 7 nitrogen and oxygen atoms in total. The van der Waals surface area contributed by atoms with Gasteiger partial charge in [0.25, 0.3) is 5.91 Å². The Kier molecular flexibility index (Phi) is 9.10. The summed E-state index contributed by atoms with van der Waals surface area (Å²) in [5.41, 5.74) is 2.82. The van der Waals surface area contributed by atoms with Crippen molar-refractivity contribution in [2.45, 2.75) is 58.5 Å². The van der Waals surface area contributed by atoms with Crippen LogP contribution in [0.2, 0.25) is 0 Å². The number of carbonyl (C=O) groups is 2. The number of benzene rings is 3. The molecular formula is C31H33F3N2O5. The van der Waals surface area contributed by atoms with E-state index in [0.717, 1.165) is 12.0 Å². The molecule has 3 atom stereocenters. The molecule has 1 aliphatic rings. The standard InChI is InChI=1S/C31H33F3N2O5/c1-4-19(2)27-18-25(15-16-36(27)30(38)39)40-24-9-6-8-22(17-24)35-29(37)26-10-5-7-20(3)28(26)21-11-13-23(14-12-21)41-31(32,33)34/h5-14,17,19,25,27H,4,15-16,18H2,1-3H3,(H,35,37)(H,38,39). The molecule has 0 aliphatic carbocycles. The Labute approximate surface area is 236 Å². The predicted octanol–water partition coefficient (Wildman–Crippen LogP) is 7.75. The molecule has 1 aliphatic heterocycles. The molecule has 2 amide bonds. The van der Waals surface area contributed by atoms with Gasteiger partial charge < -0.3 is 24.8 Å². The largest absolute Gasteiger partial charge is 0.573 e. The van der Waals surface area contributed by atoms with Crippen LogP contribution in [0.4, 0.5) is 23.7 Å². The van der Waals surface area contributed by atoms with Crippen LogP contribution in [0.3, 0.4) is 0 Å². The summed E-state index contributed by atoms with van der Waals surface area (Å²) >= 11 is 0. The predicted molar refractivity (Wildman–Crippen MR) is 149 cm³/mol. The fourth-order valence-corrected chi connectivity index (χ4v) is 5.22. The Bertz CT molecular complexity index is 1380. The monoisotopic (exact) mass is 570 g/mol. The van der Waals surface area contributed by atoms with E-state index >= 15 is 0 Å². The third-order valence-corrected chi connectivity index (χ3v) is 7.43. The molecule has 1 saturated heterocycles. The van der Waals surface area contributed by atoms with Gasteiger partial charge in [-0.1, -0.05) is 50.6 Å². The lowest BCUT2D eigenvalue weighted by Crippen LogP contribution is -2.51. The van der Waals surface area contributed by atoms with Gasteiger partial charge in [0.15, 0.2) is 0 Å². The molecule has 41 heavy (non-hydrogen) atoms. The lowest BCUT2D eigenvalue weighted by Gasteiger charge is -2.40. The average Bonchev–Trinajstić information content (AvgIpc) is 2.92. The molecule has 3 aromatic carbocycles. The molecule has 0 bridgehead atoms. The van der Waals surface area contributed by atoms with Crippen LogP contribution in [0.5, 0.6) is 11.5 Å². The van der Waals surface area contributed by atoms with Gasteiger partial charge in [-0.2, -0.15) is 0 Å². The number of hydrogen-bond acceptors (Lipinski definition) is 4. The summed E-state index contributed by atoms with van der Waals surface area (Å²) in [6.45, 7) is 6.30. The molecule has 0 radical (unpaired) electrons. The van der Waals surface area contributed by atoms with E-state index in [1.165, 1.54) is 29.2 Å². The van der Waals surface area contributed by atoms with Crippen LogP contribution in [0, 0.1) is 12.8 Å². The van der Waals surface area contributed by atoms with Crippen molar-refractivity contribution in [3.05, 3.63) is 77.9 Å². The molecule has 3 unspecified atom stereocenters. The number of amides is 2. The normalized spacial score (nSPS) is 18.0. The maximum absolute atomic E-state index is 13.4. The van der Waals surface area contributed by atoms with Crippen LogP contribution < -0.4 is 14.8 Å². The van der Waals surface area contributed by atoms with Gasteiger partial charge in [-0.3, -0.25) is 4.79 Å². The first-order valence-corrected chi connectivity index (χ1v) is 13.5. The minimum Gasteiger partial charge on any atom is -0.490 e. The Morgan fingerprint density at radius 3 is 2.44 bits per heavy atom. The van der Waals surface area contributed by atoms with Gasteiger partial charge in [0.05, 0.1) is 0 Å². The van der Waals surface area contributed by atoms with Crippen molar-refractivity contribution in [1.82, 2.24) is 4.90 Å². The Hall–Kier alpha value is -4.21. The van der Waals surface area contributed by atoms with Crippen molar-refractivity contribution in [2.75, 3.05) is 11.9 Å². The summed E-state index contributed by atoms with van der Waals surface area (Å²) in [5, 5.41) is 12.5. The highest BCUT2D eigenvalue weighted by atomic mass is 19.4. The summed E-state index contributed by atoms with van der Waals surface area (Å²) in [7, 11) is 0. The first kappa shape index (κ1) is 29.8. The molecule has 218 valence electrons.